The van der Waals surface area contributed by atoms with E-state index in [0.717, 1.165) is 11.5 Å². The molecule has 0 spiro atoms. The summed E-state index contributed by atoms with van der Waals surface area (Å²) in [6, 6.07) is 6.23. The van der Waals surface area contributed by atoms with E-state index >= 15 is 0 Å². The summed E-state index contributed by atoms with van der Waals surface area (Å²) in [5.41, 5.74) is 3.48. The Kier molecular flexibility index (Phi) is 9.23. The van der Waals surface area contributed by atoms with Crippen molar-refractivity contribution in [1.82, 2.24) is 0 Å². The zero-order valence-corrected chi connectivity index (χ0v) is 19.2. The maximum Gasteiger partial charge on any atom is 0.162 e. The summed E-state index contributed by atoms with van der Waals surface area (Å²) < 4.78 is 11.7. The first-order valence-corrected chi connectivity index (χ1v) is 12.3. The zero-order chi connectivity index (χ0) is 17.7. The van der Waals surface area contributed by atoms with E-state index in [2.05, 4.69) is 17.8 Å². The minimum absolute atomic E-state index is 0. The third-order valence-electron chi connectivity index (χ3n) is 6.31. The molecule has 2 saturated carbocycles. The molecule has 0 aromatic heterocycles. The van der Waals surface area contributed by atoms with Crippen molar-refractivity contribution in [2.75, 3.05) is 14.2 Å². The maximum absolute atomic E-state index is 6.80. The maximum atomic E-state index is 6.80. The van der Waals surface area contributed by atoms with Crippen LogP contribution in [0.5, 0.6) is 11.5 Å². The van der Waals surface area contributed by atoms with E-state index in [9.17, 15) is 0 Å². The van der Waals surface area contributed by atoms with Gasteiger partial charge < -0.3 is 21.1 Å². The average molecular weight is 489 g/mol. The van der Waals surface area contributed by atoms with E-state index in [-0.39, 0.29) is 20.4 Å². The van der Waals surface area contributed by atoms with Gasteiger partial charge in [-0.15, -0.1) is 0 Å². The number of ether oxygens (including phenoxy) is 2. The number of hydrogen-bond acceptors (Lipinski definition) is 2. The molecule has 150 valence electrons. The van der Waals surface area contributed by atoms with Gasteiger partial charge in [-0.05, 0) is 63.5 Å². The second-order valence-electron chi connectivity index (χ2n) is 7.53. The topological polar surface area (TPSA) is 18.5 Å². The Bertz CT molecular complexity index is 517. The number of rotatable bonds is 6. The molecule has 1 aromatic carbocycles. The summed E-state index contributed by atoms with van der Waals surface area (Å²) in [7, 11) is 1.86. The molecule has 2 aliphatic rings. The first kappa shape index (κ1) is 22.5. The fraction of sp³-hybridized carbons (Fsp3) is 0.667. The molecule has 3 rings (SSSR count). The molecule has 2 fully saturated rings. The predicted octanol–water partition coefficient (Wildman–Crippen LogP) is 6.37. The van der Waals surface area contributed by atoms with Crippen LogP contribution in [0.4, 0.5) is 0 Å². The molecule has 0 aliphatic heterocycles. The van der Waals surface area contributed by atoms with Crippen LogP contribution in [0.15, 0.2) is 18.2 Å². The zero-order valence-electron chi connectivity index (χ0n) is 16.0. The Morgan fingerprint density at radius 1 is 0.846 bits per heavy atom. The van der Waals surface area contributed by atoms with E-state index in [1.165, 1.54) is 69.5 Å². The molecule has 2 aliphatic carbocycles. The molecule has 0 N–H and O–H groups in total. The van der Waals surface area contributed by atoms with E-state index in [1.807, 2.05) is 6.07 Å². The Morgan fingerprint density at radius 2 is 1.27 bits per heavy atom. The first-order valence-electron chi connectivity index (χ1n) is 9.82. The SMILES string of the molecule is COc1cccc(OC)c1[P+]([CH-]Cl)(C1CCCCC1)C1CCCCC1.[Pd]. The van der Waals surface area contributed by atoms with Gasteiger partial charge in [-0.2, -0.15) is 0 Å². The summed E-state index contributed by atoms with van der Waals surface area (Å²) in [5, 5.41) is 1.30. The molecule has 5 heteroatoms. The number of methoxy groups -OCH3 is 2. The van der Waals surface area contributed by atoms with Gasteiger partial charge >= 0.3 is 0 Å². The minimum atomic E-state index is -1.70. The predicted molar refractivity (Wildman–Crippen MR) is 110 cm³/mol. The fourth-order valence-electron chi connectivity index (χ4n) is 5.10. The third-order valence-corrected chi connectivity index (χ3v) is 12.3. The molecule has 26 heavy (non-hydrogen) atoms. The van der Waals surface area contributed by atoms with Crippen molar-refractivity contribution in [3.63, 3.8) is 0 Å². The van der Waals surface area contributed by atoms with Crippen molar-refractivity contribution < 1.29 is 29.9 Å². The van der Waals surface area contributed by atoms with Crippen molar-refractivity contribution in [2.24, 2.45) is 0 Å². The molecule has 0 amide bonds. The van der Waals surface area contributed by atoms with Crippen molar-refractivity contribution in [3.05, 3.63) is 23.8 Å². The first-order chi connectivity index (χ1) is 12.3. The van der Waals surface area contributed by atoms with Crippen LogP contribution in [-0.2, 0) is 20.4 Å². The van der Waals surface area contributed by atoms with E-state index in [0.29, 0.717) is 11.3 Å². The molecule has 1 aromatic rings. The van der Waals surface area contributed by atoms with Gasteiger partial charge in [0, 0.05) is 31.7 Å². The van der Waals surface area contributed by atoms with Crippen LogP contribution in [0.2, 0.25) is 0 Å². The number of halogens is 1. The quantitative estimate of drug-likeness (QED) is 0.263. The van der Waals surface area contributed by atoms with Crippen LogP contribution in [0.3, 0.4) is 0 Å². The Morgan fingerprint density at radius 3 is 1.62 bits per heavy atom. The van der Waals surface area contributed by atoms with E-state index < -0.39 is 7.26 Å². The van der Waals surface area contributed by atoms with Crippen molar-refractivity contribution in [2.45, 2.75) is 75.5 Å². The van der Waals surface area contributed by atoms with Crippen LogP contribution < -0.4 is 14.8 Å². The Hall–Kier alpha value is 0.202. The van der Waals surface area contributed by atoms with Crippen molar-refractivity contribution in [3.8, 4) is 11.5 Å². The van der Waals surface area contributed by atoms with Gasteiger partial charge in [0.05, 0.1) is 14.2 Å². The van der Waals surface area contributed by atoms with Crippen LogP contribution in [0.1, 0.15) is 64.2 Å². The minimum Gasteiger partial charge on any atom is -0.493 e. The second-order valence-corrected chi connectivity index (χ2v) is 11.9. The average Bonchev–Trinajstić information content (AvgIpc) is 2.70. The molecule has 0 bridgehead atoms. The van der Waals surface area contributed by atoms with Crippen LogP contribution >= 0.6 is 18.9 Å². The largest absolute Gasteiger partial charge is 0.493 e. The summed E-state index contributed by atoms with van der Waals surface area (Å²) >= 11 is 6.80. The fourth-order valence-corrected chi connectivity index (χ4v) is 11.6. The monoisotopic (exact) mass is 488 g/mol. The standard InChI is InChI=1S/C21H32ClO2P.Pd/c1-23-19-14-9-15-20(24-2)21(19)25(16-22,17-10-5-3-6-11-17)18-12-7-4-8-13-18;/h9,14-18H,3-8,10-13H2,1-2H3;. The van der Waals surface area contributed by atoms with E-state index in [1.54, 1.807) is 14.2 Å². The van der Waals surface area contributed by atoms with Crippen molar-refractivity contribution >= 4 is 24.2 Å². The van der Waals surface area contributed by atoms with Gasteiger partial charge in [-0.3, -0.25) is 0 Å². The summed E-state index contributed by atoms with van der Waals surface area (Å²) in [6.07, 6.45) is 13.3. The van der Waals surface area contributed by atoms with Crippen LogP contribution in [-0.4, -0.2) is 25.5 Å². The Balaban J connectivity index is 0.00000243. The van der Waals surface area contributed by atoms with Gasteiger partial charge in [0.2, 0.25) is 0 Å². The molecule has 0 heterocycles. The molecular formula is C21H32ClO2PPd. The summed E-state index contributed by atoms with van der Waals surface area (Å²) in [6.45, 7) is 0. The Labute approximate surface area is 178 Å². The summed E-state index contributed by atoms with van der Waals surface area (Å²) in [4.78, 5) is 0. The molecule has 2 nitrogen and oxygen atoms in total. The number of benzene rings is 1. The van der Waals surface area contributed by atoms with E-state index in [4.69, 9.17) is 21.1 Å². The normalized spacial score (nSPS) is 19.7. The molecule has 0 atom stereocenters. The van der Waals surface area contributed by atoms with Gasteiger partial charge in [0.1, 0.15) is 5.30 Å². The van der Waals surface area contributed by atoms with Gasteiger partial charge in [0.15, 0.2) is 11.5 Å². The molecule has 0 unspecified atom stereocenters. The second kappa shape index (κ2) is 10.7. The molecule has 0 saturated heterocycles. The van der Waals surface area contributed by atoms with Gasteiger partial charge in [-0.25, -0.2) is 0 Å². The number of hydrogen-bond donors (Lipinski definition) is 0. The third kappa shape index (κ3) is 4.28. The van der Waals surface area contributed by atoms with Crippen LogP contribution in [0, 0.1) is 5.62 Å². The molecular weight excluding hydrogens is 457 g/mol. The smallest absolute Gasteiger partial charge is 0.162 e. The molecule has 0 radical (unpaired) electrons. The van der Waals surface area contributed by atoms with Crippen molar-refractivity contribution in [1.29, 1.82) is 0 Å². The van der Waals surface area contributed by atoms with Gasteiger partial charge in [-0.1, -0.05) is 31.8 Å². The summed E-state index contributed by atoms with van der Waals surface area (Å²) in [5.74, 6) is 1.95. The van der Waals surface area contributed by atoms with Crippen LogP contribution in [0.25, 0.3) is 0 Å². The van der Waals surface area contributed by atoms with Gasteiger partial charge in [0.25, 0.3) is 0 Å².